The second-order valence-corrected chi connectivity index (χ2v) is 6.07. The summed E-state index contributed by atoms with van der Waals surface area (Å²) in [6.07, 6.45) is 1.67. The van der Waals surface area contributed by atoms with Gasteiger partial charge in [-0.25, -0.2) is 0 Å². The van der Waals surface area contributed by atoms with Crippen molar-refractivity contribution in [1.29, 1.82) is 0 Å². The Morgan fingerprint density at radius 2 is 1.72 bits per heavy atom. The zero-order chi connectivity index (χ0) is 13.4. The van der Waals surface area contributed by atoms with E-state index in [0.717, 1.165) is 0 Å². The highest BCUT2D eigenvalue weighted by molar-refractivity contribution is 6.92. The van der Waals surface area contributed by atoms with Crippen LogP contribution in [0.25, 0.3) is 0 Å². The molecule has 102 valence electrons. The lowest BCUT2D eigenvalue weighted by Gasteiger charge is -2.26. The first-order valence-electron chi connectivity index (χ1n) is 6.16. The Bertz CT molecular complexity index is 332. The Hall–Kier alpha value is -0.953. The molecule has 0 amide bonds. The van der Waals surface area contributed by atoms with E-state index >= 15 is 0 Å². The van der Waals surface area contributed by atoms with Gasteiger partial charge in [0.15, 0.2) is 0 Å². The summed E-state index contributed by atoms with van der Waals surface area (Å²) in [5.74, 6) is 0.594. The van der Waals surface area contributed by atoms with Gasteiger partial charge < -0.3 is 17.7 Å². The number of carbonyl (C=O) groups is 1. The van der Waals surface area contributed by atoms with Crippen LogP contribution in [-0.4, -0.2) is 34.0 Å². The Balaban J connectivity index is 2.81. The Kier molecular flexibility index (Phi) is 6.27. The van der Waals surface area contributed by atoms with Gasteiger partial charge in [0, 0.05) is 19.8 Å². The van der Waals surface area contributed by atoms with Crippen LogP contribution < -0.4 is 0 Å². The Morgan fingerprint density at radius 1 is 1.17 bits per heavy atom. The minimum atomic E-state index is -3.25. The minimum absolute atomic E-state index is 0.138. The molecule has 0 spiro atoms. The molecule has 1 heterocycles. The predicted molar refractivity (Wildman–Crippen MR) is 68.1 cm³/mol. The number of rotatable bonds is 9. The molecule has 1 aromatic rings. The summed E-state index contributed by atoms with van der Waals surface area (Å²) in [7, 11) is -3.25. The number of hydrogen-bond donors (Lipinski definition) is 0. The molecule has 1 rings (SSSR count). The van der Waals surface area contributed by atoms with Crippen LogP contribution in [0.3, 0.4) is 0 Å². The summed E-state index contributed by atoms with van der Waals surface area (Å²) in [6.45, 7) is 6.61. The summed E-state index contributed by atoms with van der Waals surface area (Å²) in [5.41, 5.74) is 0. The summed E-state index contributed by atoms with van der Waals surface area (Å²) in [6, 6.07) is 3.49. The van der Waals surface area contributed by atoms with Crippen molar-refractivity contribution in [2.45, 2.75) is 27.2 Å². The number of carbonyl (C=O) groups excluding carboxylic acids is 1. The molecule has 0 aliphatic carbocycles. The predicted octanol–water partition coefficient (Wildman–Crippen LogP) is 1.98. The topological polar surface area (TPSA) is 57.9 Å². The Morgan fingerprint density at radius 3 is 2.11 bits per heavy atom. The highest BCUT2D eigenvalue weighted by Crippen LogP contribution is 2.15. The van der Waals surface area contributed by atoms with Gasteiger partial charge in [-0.1, -0.05) is 0 Å². The molecule has 0 N–H and O–H groups in total. The molecule has 0 saturated heterocycles. The monoisotopic (exact) mass is 272 g/mol. The molecule has 0 saturated carbocycles. The summed E-state index contributed by atoms with van der Waals surface area (Å²) < 4.78 is 21.7. The zero-order valence-electron chi connectivity index (χ0n) is 11.1. The van der Waals surface area contributed by atoms with Crippen LogP contribution in [0.1, 0.15) is 26.5 Å². The average molecular weight is 272 g/mol. The van der Waals surface area contributed by atoms with Gasteiger partial charge in [0.2, 0.25) is 5.41 Å². The van der Waals surface area contributed by atoms with Gasteiger partial charge in [-0.15, -0.1) is 0 Å². The molecule has 0 aliphatic rings. The first-order chi connectivity index (χ1) is 8.68. The maximum absolute atomic E-state index is 12.3. The van der Waals surface area contributed by atoms with Crippen molar-refractivity contribution in [2.75, 3.05) is 19.8 Å². The molecule has 5 nitrogen and oxygen atoms in total. The summed E-state index contributed by atoms with van der Waals surface area (Å²) >= 11 is 0. The Labute approximate surface area is 108 Å². The largest absolute Gasteiger partial charge is 0.575 e. The van der Waals surface area contributed by atoms with E-state index < -0.39 is 8.80 Å². The third-order valence-corrected chi connectivity index (χ3v) is 5.13. The van der Waals surface area contributed by atoms with E-state index in [2.05, 4.69) is 0 Å². The van der Waals surface area contributed by atoms with E-state index in [1.807, 2.05) is 20.8 Å². The van der Waals surface area contributed by atoms with Crippen LogP contribution >= 0.6 is 0 Å². The normalized spacial score (nSPS) is 11.7. The third-order valence-electron chi connectivity index (χ3n) is 2.26. The lowest BCUT2D eigenvalue weighted by atomic mass is 10.3. The SMILES string of the molecule is CCO[Si](OCC)(OCC)C(=O)Cc1ccco1. The first-order valence-corrected chi connectivity index (χ1v) is 7.88. The van der Waals surface area contributed by atoms with Gasteiger partial charge in [-0.3, -0.25) is 4.79 Å². The zero-order valence-corrected chi connectivity index (χ0v) is 12.1. The van der Waals surface area contributed by atoms with Crippen LogP contribution in [0, 0.1) is 0 Å². The van der Waals surface area contributed by atoms with Crippen molar-refractivity contribution in [3.8, 4) is 0 Å². The van der Waals surface area contributed by atoms with E-state index in [1.54, 1.807) is 12.1 Å². The van der Waals surface area contributed by atoms with E-state index in [9.17, 15) is 4.79 Å². The average Bonchev–Trinajstić information content (AvgIpc) is 2.82. The van der Waals surface area contributed by atoms with Crippen molar-refractivity contribution in [2.24, 2.45) is 0 Å². The fourth-order valence-corrected chi connectivity index (χ4v) is 3.88. The molecule has 1 aromatic heterocycles. The van der Waals surface area contributed by atoms with Crippen LogP contribution in [0.4, 0.5) is 0 Å². The van der Waals surface area contributed by atoms with Gasteiger partial charge in [-0.2, -0.15) is 0 Å². The molecular formula is C12H20O5Si. The molecule has 6 heteroatoms. The highest BCUT2D eigenvalue weighted by Gasteiger charge is 2.49. The van der Waals surface area contributed by atoms with Crippen molar-refractivity contribution in [3.63, 3.8) is 0 Å². The number of furan rings is 1. The molecule has 0 radical (unpaired) electrons. The molecular weight excluding hydrogens is 252 g/mol. The van der Waals surface area contributed by atoms with Gasteiger partial charge in [0.1, 0.15) is 5.76 Å². The summed E-state index contributed by atoms with van der Waals surface area (Å²) in [5, 5.41) is -0.164. The summed E-state index contributed by atoms with van der Waals surface area (Å²) in [4.78, 5) is 12.3. The molecule has 0 aliphatic heterocycles. The van der Waals surface area contributed by atoms with Crippen LogP contribution in [-0.2, 0) is 24.5 Å². The smallest absolute Gasteiger partial charge is 0.469 e. The van der Waals surface area contributed by atoms with Crippen LogP contribution in [0.5, 0.6) is 0 Å². The van der Waals surface area contributed by atoms with E-state index in [4.69, 9.17) is 17.7 Å². The quantitative estimate of drug-likeness (QED) is 0.643. The van der Waals surface area contributed by atoms with Crippen molar-refractivity contribution in [1.82, 2.24) is 0 Å². The van der Waals surface area contributed by atoms with Gasteiger partial charge in [0.25, 0.3) is 0 Å². The molecule has 0 unspecified atom stereocenters. The van der Waals surface area contributed by atoms with Crippen molar-refractivity contribution < 1.29 is 22.5 Å². The maximum Gasteiger partial charge on any atom is 0.575 e. The van der Waals surface area contributed by atoms with E-state index in [1.165, 1.54) is 6.26 Å². The minimum Gasteiger partial charge on any atom is -0.469 e. The van der Waals surface area contributed by atoms with Gasteiger partial charge >= 0.3 is 8.80 Å². The van der Waals surface area contributed by atoms with Crippen LogP contribution in [0.2, 0.25) is 0 Å². The fourth-order valence-electron chi connectivity index (χ4n) is 1.62. The molecule has 18 heavy (non-hydrogen) atoms. The van der Waals surface area contributed by atoms with E-state index in [0.29, 0.717) is 25.6 Å². The lowest BCUT2D eigenvalue weighted by Crippen LogP contribution is -2.54. The van der Waals surface area contributed by atoms with Gasteiger partial charge in [-0.05, 0) is 32.9 Å². The second kappa shape index (κ2) is 7.47. The molecule has 0 fully saturated rings. The molecule has 0 bridgehead atoms. The van der Waals surface area contributed by atoms with E-state index in [-0.39, 0.29) is 11.8 Å². The second-order valence-electron chi connectivity index (χ2n) is 3.53. The fraction of sp³-hybridized carbons (Fsp3) is 0.583. The number of hydrogen-bond acceptors (Lipinski definition) is 5. The lowest BCUT2D eigenvalue weighted by molar-refractivity contribution is -0.119. The van der Waals surface area contributed by atoms with Crippen LogP contribution in [0.15, 0.2) is 22.8 Å². The van der Waals surface area contributed by atoms with Crippen molar-refractivity contribution >= 4 is 14.2 Å². The standard InChI is InChI=1S/C12H20O5Si/c1-4-15-18(16-5-2,17-6-3)12(13)10-11-8-7-9-14-11/h7-9H,4-6,10H2,1-3H3. The maximum atomic E-state index is 12.3. The highest BCUT2D eigenvalue weighted by atomic mass is 28.4. The van der Waals surface area contributed by atoms with Gasteiger partial charge in [0.05, 0.1) is 12.7 Å². The third kappa shape index (κ3) is 3.77. The molecule has 0 aromatic carbocycles. The van der Waals surface area contributed by atoms with Crippen molar-refractivity contribution in [3.05, 3.63) is 24.2 Å². The molecule has 0 atom stereocenters. The first kappa shape index (κ1) is 15.1.